The highest BCUT2D eigenvalue weighted by atomic mass is 35.5. The number of benzene rings is 1. The van der Waals surface area contributed by atoms with Gasteiger partial charge < -0.3 is 0 Å². The highest BCUT2D eigenvalue weighted by molar-refractivity contribution is 6.31. The Labute approximate surface area is 91.4 Å². The molecule has 0 amide bonds. The molecule has 0 bridgehead atoms. The number of aryl methyl sites for hydroxylation is 1. The van der Waals surface area contributed by atoms with Gasteiger partial charge >= 0.3 is 6.18 Å². The highest BCUT2D eigenvalue weighted by Crippen LogP contribution is 2.35. The van der Waals surface area contributed by atoms with Crippen LogP contribution < -0.4 is 0 Å². The van der Waals surface area contributed by atoms with Gasteiger partial charge in [0.1, 0.15) is 0 Å². The molecule has 0 aromatic heterocycles. The quantitative estimate of drug-likeness (QED) is 0.677. The number of halogens is 4. The van der Waals surface area contributed by atoms with Crippen molar-refractivity contribution >= 4 is 11.6 Å². The van der Waals surface area contributed by atoms with Crippen LogP contribution in [-0.4, -0.2) is 0 Å². The van der Waals surface area contributed by atoms with Gasteiger partial charge in [0.15, 0.2) is 0 Å². The number of rotatable bonds is 3. The van der Waals surface area contributed by atoms with Crippen LogP contribution in [0.3, 0.4) is 0 Å². The third-order valence-electron chi connectivity index (χ3n) is 1.97. The first kappa shape index (κ1) is 12.1. The number of hydrogen-bond donors (Lipinski definition) is 0. The molecule has 0 saturated carbocycles. The summed E-state index contributed by atoms with van der Waals surface area (Å²) in [5, 5.41) is -0.259. The van der Waals surface area contributed by atoms with E-state index >= 15 is 0 Å². The lowest BCUT2D eigenvalue weighted by molar-refractivity contribution is -0.137. The van der Waals surface area contributed by atoms with Crippen LogP contribution >= 0.6 is 11.6 Å². The van der Waals surface area contributed by atoms with Crippen LogP contribution in [0.1, 0.15) is 17.5 Å². The molecule has 1 aromatic carbocycles. The van der Waals surface area contributed by atoms with Crippen LogP contribution in [0.25, 0.3) is 0 Å². The summed E-state index contributed by atoms with van der Waals surface area (Å²) < 4.78 is 37.3. The fourth-order valence-corrected chi connectivity index (χ4v) is 1.44. The Morgan fingerprint density at radius 1 is 1.33 bits per heavy atom. The molecule has 0 aliphatic carbocycles. The average molecular weight is 235 g/mol. The summed E-state index contributed by atoms with van der Waals surface area (Å²) in [5.74, 6) is 0. The molecule has 1 rings (SSSR count). The van der Waals surface area contributed by atoms with Crippen molar-refractivity contribution in [3.05, 3.63) is 47.0 Å². The van der Waals surface area contributed by atoms with Gasteiger partial charge in [-0.2, -0.15) is 13.2 Å². The fraction of sp³-hybridized carbons (Fsp3) is 0.273. The van der Waals surface area contributed by atoms with E-state index in [1.54, 1.807) is 12.1 Å². The Bertz CT molecular complexity index is 355. The Hall–Kier alpha value is -0.960. The maximum absolute atomic E-state index is 12.4. The normalized spacial score (nSPS) is 11.5. The maximum atomic E-state index is 12.4. The highest BCUT2D eigenvalue weighted by Gasteiger charge is 2.33. The fourth-order valence-electron chi connectivity index (χ4n) is 1.21. The molecule has 0 N–H and O–H groups in total. The van der Waals surface area contributed by atoms with Gasteiger partial charge in [-0.25, -0.2) is 0 Å². The van der Waals surface area contributed by atoms with E-state index < -0.39 is 11.7 Å². The summed E-state index contributed by atoms with van der Waals surface area (Å²) in [6.45, 7) is 3.52. The van der Waals surface area contributed by atoms with E-state index in [2.05, 4.69) is 6.58 Å². The zero-order valence-electron chi connectivity index (χ0n) is 7.94. The predicted octanol–water partition coefficient (Wildman–Crippen LogP) is 4.48. The van der Waals surface area contributed by atoms with Crippen LogP contribution in [0.4, 0.5) is 13.2 Å². The topological polar surface area (TPSA) is 0 Å². The molecule has 0 heterocycles. The second kappa shape index (κ2) is 4.71. The van der Waals surface area contributed by atoms with Gasteiger partial charge in [-0.15, -0.1) is 6.58 Å². The minimum atomic E-state index is -4.39. The van der Waals surface area contributed by atoms with Gasteiger partial charge in [0.2, 0.25) is 0 Å². The van der Waals surface area contributed by atoms with Crippen LogP contribution in [0, 0.1) is 0 Å². The van der Waals surface area contributed by atoms with Crippen molar-refractivity contribution in [3.63, 3.8) is 0 Å². The average Bonchev–Trinajstić information content (AvgIpc) is 2.15. The standard InChI is InChI=1S/C11H10ClF3/c1-2-3-4-8-5-6-10(12)9(7-8)11(13,14)15/h2,5-7H,1,3-4H2. The maximum Gasteiger partial charge on any atom is 0.417 e. The van der Waals surface area contributed by atoms with E-state index in [1.165, 1.54) is 6.07 Å². The Morgan fingerprint density at radius 3 is 2.53 bits per heavy atom. The van der Waals surface area contributed by atoms with Crippen LogP contribution in [0.5, 0.6) is 0 Å². The van der Waals surface area contributed by atoms with E-state index in [9.17, 15) is 13.2 Å². The molecule has 0 unspecified atom stereocenters. The first-order valence-corrected chi connectivity index (χ1v) is 4.79. The van der Waals surface area contributed by atoms with E-state index in [0.717, 1.165) is 6.07 Å². The third-order valence-corrected chi connectivity index (χ3v) is 2.30. The number of alkyl halides is 3. The van der Waals surface area contributed by atoms with Crippen molar-refractivity contribution in [2.45, 2.75) is 19.0 Å². The Kier molecular flexibility index (Phi) is 3.80. The molecule has 0 radical (unpaired) electrons. The molecule has 1 aromatic rings. The molecule has 0 aliphatic rings. The number of hydrogen-bond acceptors (Lipinski definition) is 0. The predicted molar refractivity (Wildman–Crippen MR) is 55.0 cm³/mol. The van der Waals surface area contributed by atoms with Crippen molar-refractivity contribution in [1.82, 2.24) is 0 Å². The minimum absolute atomic E-state index is 0.259. The summed E-state index contributed by atoms with van der Waals surface area (Å²) in [6.07, 6.45) is -1.52. The Balaban J connectivity index is 3.00. The van der Waals surface area contributed by atoms with Crippen molar-refractivity contribution in [2.24, 2.45) is 0 Å². The summed E-state index contributed by atoms with van der Waals surface area (Å²) in [7, 11) is 0. The van der Waals surface area contributed by atoms with E-state index in [4.69, 9.17) is 11.6 Å². The van der Waals surface area contributed by atoms with E-state index in [-0.39, 0.29) is 5.02 Å². The lowest BCUT2D eigenvalue weighted by Crippen LogP contribution is -2.06. The monoisotopic (exact) mass is 234 g/mol. The minimum Gasteiger partial charge on any atom is -0.166 e. The molecule has 0 fully saturated rings. The summed E-state index contributed by atoms with van der Waals surface area (Å²) in [6, 6.07) is 3.97. The number of allylic oxidation sites excluding steroid dienone is 1. The van der Waals surface area contributed by atoms with Crippen LogP contribution in [-0.2, 0) is 12.6 Å². The van der Waals surface area contributed by atoms with Gasteiger partial charge in [-0.05, 0) is 30.5 Å². The van der Waals surface area contributed by atoms with Gasteiger partial charge in [0, 0.05) is 0 Å². The molecule has 4 heteroatoms. The zero-order chi connectivity index (χ0) is 11.5. The second-order valence-corrected chi connectivity index (χ2v) is 3.55. The third kappa shape index (κ3) is 3.27. The molecule has 0 saturated heterocycles. The first-order chi connectivity index (χ1) is 6.95. The van der Waals surface area contributed by atoms with Crippen molar-refractivity contribution in [1.29, 1.82) is 0 Å². The van der Waals surface area contributed by atoms with Crippen molar-refractivity contribution < 1.29 is 13.2 Å². The molecule has 82 valence electrons. The lowest BCUT2D eigenvalue weighted by atomic mass is 10.1. The van der Waals surface area contributed by atoms with Crippen molar-refractivity contribution in [2.75, 3.05) is 0 Å². The van der Waals surface area contributed by atoms with Crippen molar-refractivity contribution in [3.8, 4) is 0 Å². The van der Waals surface area contributed by atoms with Gasteiger partial charge in [0.25, 0.3) is 0 Å². The zero-order valence-corrected chi connectivity index (χ0v) is 8.70. The molecule has 15 heavy (non-hydrogen) atoms. The van der Waals surface area contributed by atoms with Crippen LogP contribution in [0.2, 0.25) is 5.02 Å². The second-order valence-electron chi connectivity index (χ2n) is 3.14. The summed E-state index contributed by atoms with van der Waals surface area (Å²) >= 11 is 5.47. The molecule has 0 atom stereocenters. The molecule has 0 nitrogen and oxygen atoms in total. The SMILES string of the molecule is C=CCCc1ccc(Cl)c(C(F)(F)F)c1. The van der Waals surface area contributed by atoms with Gasteiger partial charge in [-0.3, -0.25) is 0 Å². The van der Waals surface area contributed by atoms with Gasteiger partial charge in [-0.1, -0.05) is 23.7 Å². The van der Waals surface area contributed by atoms with Crippen LogP contribution in [0.15, 0.2) is 30.9 Å². The molecular weight excluding hydrogens is 225 g/mol. The molecule has 0 aliphatic heterocycles. The lowest BCUT2D eigenvalue weighted by Gasteiger charge is -2.10. The Morgan fingerprint density at radius 2 is 2.00 bits per heavy atom. The summed E-state index contributed by atoms with van der Waals surface area (Å²) in [5.41, 5.74) is -0.155. The van der Waals surface area contributed by atoms with E-state index in [1.807, 2.05) is 0 Å². The largest absolute Gasteiger partial charge is 0.417 e. The summed E-state index contributed by atoms with van der Waals surface area (Å²) in [4.78, 5) is 0. The smallest absolute Gasteiger partial charge is 0.166 e. The first-order valence-electron chi connectivity index (χ1n) is 4.41. The molecule has 0 spiro atoms. The van der Waals surface area contributed by atoms with E-state index in [0.29, 0.717) is 18.4 Å². The molecular formula is C11H10ClF3. The van der Waals surface area contributed by atoms with Gasteiger partial charge in [0.05, 0.1) is 10.6 Å².